The number of hydrogen-bond acceptors (Lipinski definition) is 4. The number of para-hydroxylation sites is 1. The minimum atomic E-state index is -0.0860. The van der Waals surface area contributed by atoms with E-state index < -0.39 is 0 Å². The highest BCUT2D eigenvalue weighted by Gasteiger charge is 2.13. The zero-order chi connectivity index (χ0) is 22.7. The van der Waals surface area contributed by atoms with E-state index in [9.17, 15) is 9.59 Å². The number of aryl methyl sites for hydroxylation is 1. The van der Waals surface area contributed by atoms with Crippen LogP contribution in [0.4, 0.5) is 0 Å². The van der Waals surface area contributed by atoms with Crippen LogP contribution in [0.2, 0.25) is 0 Å². The van der Waals surface area contributed by atoms with Gasteiger partial charge >= 0.3 is 0 Å². The molecule has 0 spiro atoms. The lowest BCUT2D eigenvalue weighted by Crippen LogP contribution is -2.25. The molecule has 2 heterocycles. The highest BCUT2D eigenvalue weighted by atomic mass is 79.9. The number of rotatable bonds is 8. The minimum Gasteiger partial charge on any atom is -0.493 e. The van der Waals surface area contributed by atoms with Gasteiger partial charge < -0.3 is 23.8 Å². The Morgan fingerprint density at radius 1 is 1.03 bits per heavy atom. The zero-order valence-electron chi connectivity index (χ0n) is 17.9. The molecule has 166 valence electrons. The molecule has 0 aliphatic rings. The molecule has 1 N–H and O–H groups in total. The third kappa shape index (κ3) is 4.23. The van der Waals surface area contributed by atoms with E-state index in [1.54, 1.807) is 18.8 Å². The van der Waals surface area contributed by atoms with Crippen molar-refractivity contribution in [3.8, 4) is 11.5 Å². The van der Waals surface area contributed by atoms with Crippen LogP contribution >= 0.6 is 15.9 Å². The molecule has 2 aromatic heterocycles. The maximum Gasteiger partial charge on any atom is 0.275 e. The van der Waals surface area contributed by atoms with Crippen LogP contribution < -0.4 is 20.3 Å². The lowest BCUT2D eigenvalue weighted by Gasteiger charge is -2.14. The van der Waals surface area contributed by atoms with Crippen molar-refractivity contribution in [2.75, 3.05) is 14.2 Å². The Morgan fingerprint density at radius 3 is 2.66 bits per heavy atom. The van der Waals surface area contributed by atoms with Crippen LogP contribution in [-0.2, 0) is 17.9 Å². The van der Waals surface area contributed by atoms with E-state index in [4.69, 9.17) is 9.47 Å². The summed E-state index contributed by atoms with van der Waals surface area (Å²) in [7, 11) is 3.15. The lowest BCUT2D eigenvalue weighted by molar-refractivity contribution is -0.121. The number of amides is 1. The van der Waals surface area contributed by atoms with Crippen LogP contribution in [0.25, 0.3) is 16.6 Å². The van der Waals surface area contributed by atoms with Crippen molar-refractivity contribution in [3.63, 3.8) is 0 Å². The predicted molar refractivity (Wildman–Crippen MR) is 127 cm³/mol. The van der Waals surface area contributed by atoms with E-state index in [2.05, 4.69) is 21.2 Å². The summed E-state index contributed by atoms with van der Waals surface area (Å²) in [6, 6.07) is 15.1. The van der Waals surface area contributed by atoms with E-state index >= 15 is 0 Å². The van der Waals surface area contributed by atoms with Gasteiger partial charge in [0, 0.05) is 35.7 Å². The molecule has 4 rings (SSSR count). The number of benzene rings is 2. The first-order valence-corrected chi connectivity index (χ1v) is 11.1. The SMILES string of the molecule is COc1cccc(CNC(=O)CCCn2c(=O)c3cccn3c3ccc(Br)cc32)c1OC. The number of hydrogen-bond donors (Lipinski definition) is 1. The molecule has 0 aliphatic carbocycles. The van der Waals surface area contributed by atoms with Crippen LogP contribution in [-0.4, -0.2) is 29.1 Å². The quantitative estimate of drug-likeness (QED) is 0.397. The Kier molecular flexibility index (Phi) is 6.50. The molecular formula is C24H24BrN3O4. The van der Waals surface area contributed by atoms with Gasteiger partial charge in [-0.3, -0.25) is 9.59 Å². The number of carbonyl (C=O) groups excluding carboxylic acids is 1. The molecule has 0 radical (unpaired) electrons. The Labute approximate surface area is 193 Å². The number of nitrogens with zero attached hydrogens (tertiary/aromatic N) is 2. The second-order valence-corrected chi connectivity index (χ2v) is 8.30. The average Bonchev–Trinajstić information content (AvgIpc) is 3.29. The normalized spacial score (nSPS) is 11.1. The summed E-state index contributed by atoms with van der Waals surface area (Å²) < 4.78 is 15.3. The Bertz CT molecular complexity index is 1340. The largest absolute Gasteiger partial charge is 0.493 e. The van der Waals surface area contributed by atoms with Gasteiger partial charge in [-0.25, -0.2) is 0 Å². The topological polar surface area (TPSA) is 74.0 Å². The monoisotopic (exact) mass is 497 g/mol. The van der Waals surface area contributed by atoms with Gasteiger partial charge in [-0.2, -0.15) is 0 Å². The van der Waals surface area contributed by atoms with E-state index in [0.717, 1.165) is 21.1 Å². The molecule has 1 amide bonds. The second kappa shape index (κ2) is 9.48. The van der Waals surface area contributed by atoms with E-state index in [-0.39, 0.29) is 11.5 Å². The third-order valence-electron chi connectivity index (χ3n) is 5.45. The number of nitrogens with one attached hydrogen (secondary N) is 1. The summed E-state index contributed by atoms with van der Waals surface area (Å²) >= 11 is 3.49. The fourth-order valence-corrected chi connectivity index (χ4v) is 4.27. The summed E-state index contributed by atoms with van der Waals surface area (Å²) in [6.45, 7) is 0.786. The van der Waals surface area contributed by atoms with Crippen LogP contribution in [0.3, 0.4) is 0 Å². The Balaban J connectivity index is 1.46. The molecular weight excluding hydrogens is 474 g/mol. The van der Waals surface area contributed by atoms with Crippen LogP contribution in [0.15, 0.2) is 64.0 Å². The molecule has 0 saturated carbocycles. The van der Waals surface area contributed by atoms with E-state index in [1.165, 1.54) is 0 Å². The molecule has 0 bridgehead atoms. The van der Waals surface area contributed by atoms with Crippen molar-refractivity contribution in [1.82, 2.24) is 14.3 Å². The first kappa shape index (κ1) is 22.0. The summed E-state index contributed by atoms with van der Waals surface area (Å²) in [5, 5.41) is 2.92. The van der Waals surface area contributed by atoms with Gasteiger partial charge in [0.1, 0.15) is 5.52 Å². The molecule has 2 aromatic carbocycles. The standard InChI is InChI=1S/C24H24BrN3O4/c1-31-21-8-3-6-16(23(21)32-2)15-26-22(29)9-5-13-28-20-14-17(25)10-11-18(20)27-12-4-7-19(27)24(28)30/h3-4,6-8,10-12,14H,5,9,13,15H2,1-2H3,(H,26,29). The first-order chi connectivity index (χ1) is 15.5. The summed E-state index contributed by atoms with van der Waals surface area (Å²) in [5.74, 6) is 1.15. The maximum atomic E-state index is 13.0. The van der Waals surface area contributed by atoms with Crippen molar-refractivity contribution in [1.29, 1.82) is 0 Å². The van der Waals surface area contributed by atoms with Gasteiger partial charge in [0.25, 0.3) is 5.56 Å². The van der Waals surface area contributed by atoms with Gasteiger partial charge in [-0.05, 0) is 42.8 Å². The fraction of sp³-hybridized carbons (Fsp3) is 0.250. The van der Waals surface area contributed by atoms with Gasteiger partial charge in [0.15, 0.2) is 11.5 Å². The van der Waals surface area contributed by atoms with Crippen LogP contribution in [0, 0.1) is 0 Å². The molecule has 4 aromatic rings. The Morgan fingerprint density at radius 2 is 1.88 bits per heavy atom. The highest BCUT2D eigenvalue weighted by molar-refractivity contribution is 9.10. The van der Waals surface area contributed by atoms with Crippen LogP contribution in [0.1, 0.15) is 18.4 Å². The Hall–Kier alpha value is -3.26. The molecule has 0 saturated heterocycles. The van der Waals surface area contributed by atoms with E-state index in [1.807, 2.05) is 59.1 Å². The second-order valence-electron chi connectivity index (χ2n) is 7.39. The molecule has 8 heteroatoms. The van der Waals surface area contributed by atoms with Gasteiger partial charge in [-0.1, -0.05) is 28.1 Å². The average molecular weight is 498 g/mol. The predicted octanol–water partition coefficient (Wildman–Crippen LogP) is 4.13. The van der Waals surface area contributed by atoms with Gasteiger partial charge in [-0.15, -0.1) is 0 Å². The number of halogens is 1. The molecule has 7 nitrogen and oxygen atoms in total. The molecule has 0 atom stereocenters. The van der Waals surface area contributed by atoms with Crippen molar-refractivity contribution in [2.45, 2.75) is 25.9 Å². The summed E-state index contributed by atoms with van der Waals surface area (Å²) in [4.78, 5) is 25.5. The zero-order valence-corrected chi connectivity index (χ0v) is 19.5. The highest BCUT2D eigenvalue weighted by Crippen LogP contribution is 2.30. The molecule has 0 fully saturated rings. The van der Waals surface area contributed by atoms with E-state index in [0.29, 0.717) is 42.9 Å². The van der Waals surface area contributed by atoms with Crippen LogP contribution in [0.5, 0.6) is 11.5 Å². The number of carbonyl (C=O) groups is 1. The lowest BCUT2D eigenvalue weighted by atomic mass is 10.1. The van der Waals surface area contributed by atoms with Crippen molar-refractivity contribution in [2.24, 2.45) is 0 Å². The molecule has 32 heavy (non-hydrogen) atoms. The molecule has 0 aliphatic heterocycles. The minimum absolute atomic E-state index is 0.0675. The summed E-state index contributed by atoms with van der Waals surface area (Å²) in [6.07, 6.45) is 2.73. The smallest absolute Gasteiger partial charge is 0.275 e. The molecule has 0 unspecified atom stereocenters. The van der Waals surface area contributed by atoms with Crippen molar-refractivity contribution in [3.05, 3.63) is 75.1 Å². The first-order valence-electron chi connectivity index (χ1n) is 10.3. The third-order valence-corrected chi connectivity index (χ3v) is 5.94. The number of fused-ring (bicyclic) bond motifs is 3. The number of aromatic nitrogens is 2. The number of ether oxygens (including phenoxy) is 2. The summed E-state index contributed by atoms with van der Waals surface area (Å²) in [5.41, 5.74) is 3.17. The van der Waals surface area contributed by atoms with Crippen molar-refractivity contribution < 1.29 is 14.3 Å². The van der Waals surface area contributed by atoms with Gasteiger partial charge in [0.05, 0.1) is 25.3 Å². The van der Waals surface area contributed by atoms with Gasteiger partial charge in [0.2, 0.25) is 5.91 Å². The fourth-order valence-electron chi connectivity index (χ4n) is 3.92. The maximum absolute atomic E-state index is 13.0. The van der Waals surface area contributed by atoms with Crippen molar-refractivity contribution >= 4 is 38.4 Å². The number of methoxy groups -OCH3 is 2.